The maximum atomic E-state index is 13.2. The molecule has 0 aromatic heterocycles. The third-order valence-electron chi connectivity index (χ3n) is 5.30. The van der Waals surface area contributed by atoms with Crippen molar-refractivity contribution in [2.75, 3.05) is 39.2 Å². The van der Waals surface area contributed by atoms with Gasteiger partial charge in [0.25, 0.3) is 5.91 Å². The van der Waals surface area contributed by atoms with Gasteiger partial charge in [0.2, 0.25) is 10.0 Å². The predicted molar refractivity (Wildman–Crippen MR) is 122 cm³/mol. The Kier molecular flexibility index (Phi) is 8.29. The molecule has 1 heterocycles. The van der Waals surface area contributed by atoms with Crippen LogP contribution >= 0.6 is 0 Å². The second kappa shape index (κ2) is 11.2. The normalized spacial score (nSPS) is 14.7. The Morgan fingerprint density at radius 2 is 1.73 bits per heavy atom. The standard InChI is InChI=1S/C23H28N2O7S/c1-30-21-11-10-19(33(28,29)25-12-5-3-4-6-13-25)15-20(21)24-23(27)17-8-7-9-18(14-17)32-16-22(26)31-2/h7-11,14-15H,3-6,12-13,16H2,1-2H3,(H,24,27). The summed E-state index contributed by atoms with van der Waals surface area (Å²) >= 11 is 0. The largest absolute Gasteiger partial charge is 0.495 e. The molecule has 3 rings (SSSR count). The van der Waals surface area contributed by atoms with E-state index in [1.807, 2.05) is 0 Å². The highest BCUT2D eigenvalue weighted by atomic mass is 32.2. The third kappa shape index (κ3) is 6.23. The molecule has 1 amide bonds. The quantitative estimate of drug-likeness (QED) is 0.583. The number of nitrogens with one attached hydrogen (secondary N) is 1. The number of methoxy groups -OCH3 is 2. The third-order valence-corrected chi connectivity index (χ3v) is 7.20. The van der Waals surface area contributed by atoms with E-state index in [0.29, 0.717) is 24.6 Å². The Balaban J connectivity index is 1.81. The lowest BCUT2D eigenvalue weighted by Gasteiger charge is -2.21. The summed E-state index contributed by atoms with van der Waals surface area (Å²) in [4.78, 5) is 24.2. The Morgan fingerprint density at radius 3 is 2.39 bits per heavy atom. The smallest absolute Gasteiger partial charge is 0.343 e. The first kappa shape index (κ1) is 24.5. The van der Waals surface area contributed by atoms with Gasteiger partial charge in [-0.25, -0.2) is 13.2 Å². The van der Waals surface area contributed by atoms with Crippen LogP contribution in [0.1, 0.15) is 36.0 Å². The molecule has 0 atom stereocenters. The number of ether oxygens (including phenoxy) is 3. The molecule has 0 saturated carbocycles. The van der Waals surface area contributed by atoms with Crippen LogP contribution < -0.4 is 14.8 Å². The highest BCUT2D eigenvalue weighted by molar-refractivity contribution is 7.89. The summed E-state index contributed by atoms with van der Waals surface area (Å²) in [6.45, 7) is 0.675. The number of esters is 1. The number of carbonyl (C=O) groups is 2. The van der Waals surface area contributed by atoms with E-state index >= 15 is 0 Å². The first-order valence-electron chi connectivity index (χ1n) is 10.6. The van der Waals surface area contributed by atoms with Gasteiger partial charge in [-0.3, -0.25) is 4.79 Å². The van der Waals surface area contributed by atoms with Crippen LogP contribution in [0, 0.1) is 0 Å². The van der Waals surface area contributed by atoms with Crippen molar-refractivity contribution in [2.24, 2.45) is 0 Å². The van der Waals surface area contributed by atoms with Gasteiger partial charge in [0, 0.05) is 18.7 Å². The zero-order valence-electron chi connectivity index (χ0n) is 18.7. The monoisotopic (exact) mass is 476 g/mol. The van der Waals surface area contributed by atoms with Crippen LogP contribution in [-0.2, 0) is 19.6 Å². The van der Waals surface area contributed by atoms with Crippen molar-refractivity contribution in [1.29, 1.82) is 0 Å². The molecule has 1 aliphatic rings. The van der Waals surface area contributed by atoms with Crippen LogP contribution in [-0.4, -0.2) is 58.5 Å². The Hall–Kier alpha value is -3.11. The topological polar surface area (TPSA) is 111 Å². The fourth-order valence-corrected chi connectivity index (χ4v) is 5.04. The fourth-order valence-electron chi connectivity index (χ4n) is 3.50. The van der Waals surface area contributed by atoms with E-state index in [1.165, 1.54) is 42.8 Å². The number of nitrogens with zero attached hydrogens (tertiary/aromatic N) is 1. The second-order valence-electron chi connectivity index (χ2n) is 7.53. The molecule has 2 aromatic carbocycles. The number of benzene rings is 2. The van der Waals surface area contributed by atoms with Crippen molar-refractivity contribution in [3.63, 3.8) is 0 Å². The summed E-state index contributed by atoms with van der Waals surface area (Å²) in [6.07, 6.45) is 3.68. The molecule has 1 fully saturated rings. The molecule has 1 saturated heterocycles. The molecule has 10 heteroatoms. The van der Waals surface area contributed by atoms with Gasteiger partial charge < -0.3 is 19.5 Å². The van der Waals surface area contributed by atoms with Crippen molar-refractivity contribution >= 4 is 27.6 Å². The average Bonchev–Trinajstić information content (AvgIpc) is 3.13. The first-order valence-corrected chi connectivity index (χ1v) is 12.1. The van der Waals surface area contributed by atoms with Crippen molar-refractivity contribution < 1.29 is 32.2 Å². The van der Waals surface area contributed by atoms with Crippen LogP contribution in [0.25, 0.3) is 0 Å². The molecule has 0 aliphatic carbocycles. The molecular weight excluding hydrogens is 448 g/mol. The van der Waals surface area contributed by atoms with Gasteiger partial charge in [-0.2, -0.15) is 4.31 Å². The van der Waals surface area contributed by atoms with Gasteiger partial charge in [0.05, 0.1) is 24.8 Å². The summed E-state index contributed by atoms with van der Waals surface area (Å²) in [6, 6.07) is 10.7. The minimum Gasteiger partial charge on any atom is -0.495 e. The summed E-state index contributed by atoms with van der Waals surface area (Å²) in [7, 11) is -1.00. The Bertz CT molecular complexity index is 1090. The molecule has 33 heavy (non-hydrogen) atoms. The van der Waals surface area contributed by atoms with Crippen LogP contribution in [0.15, 0.2) is 47.4 Å². The summed E-state index contributed by atoms with van der Waals surface area (Å²) < 4.78 is 43.0. The highest BCUT2D eigenvalue weighted by Gasteiger charge is 2.26. The maximum absolute atomic E-state index is 13.2. The molecule has 2 aromatic rings. The number of carbonyl (C=O) groups excluding carboxylic acids is 2. The lowest BCUT2D eigenvalue weighted by Crippen LogP contribution is -2.32. The molecule has 178 valence electrons. The fraction of sp³-hybridized carbons (Fsp3) is 0.391. The Labute approximate surface area is 193 Å². The highest BCUT2D eigenvalue weighted by Crippen LogP contribution is 2.30. The minimum absolute atomic E-state index is 0.0932. The zero-order valence-corrected chi connectivity index (χ0v) is 19.5. The van der Waals surface area contributed by atoms with E-state index < -0.39 is 21.9 Å². The zero-order chi connectivity index (χ0) is 23.8. The lowest BCUT2D eigenvalue weighted by molar-refractivity contribution is -0.142. The van der Waals surface area contributed by atoms with Crippen molar-refractivity contribution in [3.05, 3.63) is 48.0 Å². The van der Waals surface area contributed by atoms with Crippen LogP contribution in [0.4, 0.5) is 5.69 Å². The molecule has 1 aliphatic heterocycles. The van der Waals surface area contributed by atoms with Gasteiger partial charge in [0.1, 0.15) is 11.5 Å². The van der Waals surface area contributed by atoms with Crippen molar-refractivity contribution in [1.82, 2.24) is 4.31 Å². The second-order valence-corrected chi connectivity index (χ2v) is 9.47. The number of hydrogen-bond acceptors (Lipinski definition) is 7. The molecule has 0 bridgehead atoms. The number of rotatable bonds is 8. The molecule has 0 unspecified atom stereocenters. The van der Waals surface area contributed by atoms with Gasteiger partial charge >= 0.3 is 5.97 Å². The van der Waals surface area contributed by atoms with Crippen LogP contribution in [0.3, 0.4) is 0 Å². The van der Waals surface area contributed by atoms with Gasteiger partial charge in [-0.05, 0) is 49.2 Å². The Morgan fingerprint density at radius 1 is 1.00 bits per heavy atom. The first-order chi connectivity index (χ1) is 15.8. The maximum Gasteiger partial charge on any atom is 0.343 e. The van der Waals surface area contributed by atoms with E-state index in [0.717, 1.165) is 25.7 Å². The molecule has 0 radical (unpaired) electrons. The van der Waals surface area contributed by atoms with Gasteiger partial charge in [-0.15, -0.1) is 0 Å². The number of anilines is 1. The average molecular weight is 477 g/mol. The van der Waals surface area contributed by atoms with Crippen molar-refractivity contribution in [3.8, 4) is 11.5 Å². The molecular formula is C23H28N2O7S. The lowest BCUT2D eigenvalue weighted by atomic mass is 10.2. The summed E-state index contributed by atoms with van der Waals surface area (Å²) in [5.41, 5.74) is 0.500. The number of amides is 1. The molecule has 1 N–H and O–H groups in total. The van der Waals surface area contributed by atoms with E-state index in [9.17, 15) is 18.0 Å². The van der Waals surface area contributed by atoms with Gasteiger partial charge in [0.15, 0.2) is 6.61 Å². The van der Waals surface area contributed by atoms with E-state index in [4.69, 9.17) is 9.47 Å². The van der Waals surface area contributed by atoms with Crippen molar-refractivity contribution in [2.45, 2.75) is 30.6 Å². The van der Waals surface area contributed by atoms with Crippen LogP contribution in [0.5, 0.6) is 11.5 Å². The SMILES string of the molecule is COC(=O)COc1cccc(C(=O)Nc2cc(S(=O)(=O)N3CCCCCC3)ccc2OC)c1. The minimum atomic E-state index is -3.70. The molecule has 0 spiro atoms. The van der Waals surface area contributed by atoms with Gasteiger partial charge in [-0.1, -0.05) is 18.9 Å². The summed E-state index contributed by atoms with van der Waals surface area (Å²) in [5, 5.41) is 2.71. The number of sulfonamides is 1. The summed E-state index contributed by atoms with van der Waals surface area (Å²) in [5.74, 6) is -0.382. The van der Waals surface area contributed by atoms with E-state index in [1.54, 1.807) is 18.2 Å². The molecule has 9 nitrogen and oxygen atoms in total. The van der Waals surface area contributed by atoms with Crippen LogP contribution in [0.2, 0.25) is 0 Å². The number of hydrogen-bond donors (Lipinski definition) is 1. The van der Waals surface area contributed by atoms with E-state index in [2.05, 4.69) is 10.1 Å². The predicted octanol–water partition coefficient (Wildman–Crippen LogP) is 3.06. The van der Waals surface area contributed by atoms with E-state index in [-0.39, 0.29) is 22.8 Å².